The second kappa shape index (κ2) is 3.02. The van der Waals surface area contributed by atoms with E-state index in [1.54, 1.807) is 11.3 Å². The zero-order valence-electron chi connectivity index (χ0n) is 8.32. The summed E-state index contributed by atoms with van der Waals surface area (Å²) in [7, 11) is 0. The normalized spacial score (nSPS) is 36.2. The van der Waals surface area contributed by atoms with Crippen molar-refractivity contribution in [1.82, 2.24) is 9.88 Å². The van der Waals surface area contributed by atoms with Gasteiger partial charge in [0.05, 0.1) is 6.61 Å². The van der Waals surface area contributed by atoms with Gasteiger partial charge in [-0.25, -0.2) is 4.98 Å². The van der Waals surface area contributed by atoms with Gasteiger partial charge in [-0.3, -0.25) is 4.90 Å². The maximum absolute atomic E-state index is 5.96. The van der Waals surface area contributed by atoms with Gasteiger partial charge in [0, 0.05) is 30.7 Å². The number of fused-ring (bicyclic) bond motifs is 2. The van der Waals surface area contributed by atoms with Crippen LogP contribution in [0.2, 0.25) is 0 Å². The smallest absolute Gasteiger partial charge is 0.133 e. The molecule has 3 nitrogen and oxygen atoms in total. The molecule has 4 heteroatoms. The summed E-state index contributed by atoms with van der Waals surface area (Å²) in [5.41, 5.74) is -0.0584. The fourth-order valence-corrected chi connectivity index (χ4v) is 3.27. The molecule has 0 saturated carbocycles. The molecule has 2 unspecified atom stereocenters. The molecule has 2 fully saturated rings. The van der Waals surface area contributed by atoms with Crippen molar-refractivity contribution in [3.05, 3.63) is 16.1 Å². The van der Waals surface area contributed by atoms with Crippen molar-refractivity contribution >= 4 is 11.3 Å². The zero-order chi connectivity index (χ0) is 9.60. The number of rotatable bonds is 1. The first-order valence-electron chi connectivity index (χ1n) is 5.08. The lowest BCUT2D eigenvalue weighted by molar-refractivity contribution is -0.0729. The Morgan fingerprint density at radius 3 is 3.29 bits per heavy atom. The summed E-state index contributed by atoms with van der Waals surface area (Å²) in [6.45, 7) is 6.26. The van der Waals surface area contributed by atoms with Crippen molar-refractivity contribution in [2.75, 3.05) is 26.2 Å². The van der Waals surface area contributed by atoms with Crippen LogP contribution < -0.4 is 0 Å². The molecule has 2 saturated heterocycles. The minimum Gasteiger partial charge on any atom is -0.365 e. The van der Waals surface area contributed by atoms with Crippen LogP contribution in [-0.4, -0.2) is 36.1 Å². The number of nitrogens with zero attached hydrogens (tertiary/aromatic N) is 2. The van der Waals surface area contributed by atoms with Crippen LogP contribution in [0.5, 0.6) is 0 Å². The highest BCUT2D eigenvalue weighted by atomic mass is 32.1. The predicted octanol–water partition coefficient (Wildman–Crippen LogP) is 1.38. The summed E-state index contributed by atoms with van der Waals surface area (Å²) < 4.78 is 5.96. The van der Waals surface area contributed by atoms with Crippen LogP contribution in [0.15, 0.2) is 6.20 Å². The molecule has 2 bridgehead atoms. The largest absolute Gasteiger partial charge is 0.365 e. The topological polar surface area (TPSA) is 25.4 Å². The van der Waals surface area contributed by atoms with Gasteiger partial charge in [-0.1, -0.05) is 0 Å². The van der Waals surface area contributed by atoms with Gasteiger partial charge in [0.2, 0.25) is 0 Å². The van der Waals surface area contributed by atoms with Gasteiger partial charge in [-0.15, -0.1) is 11.3 Å². The molecule has 1 aromatic rings. The molecule has 0 aromatic carbocycles. The Bertz CT molecular complexity index is 348. The number of ether oxygens (including phenoxy) is 1. The monoisotopic (exact) mass is 210 g/mol. The lowest BCUT2D eigenvalue weighted by atomic mass is 10.0. The minimum atomic E-state index is -0.0584. The van der Waals surface area contributed by atoms with Crippen molar-refractivity contribution in [3.8, 4) is 0 Å². The summed E-state index contributed by atoms with van der Waals surface area (Å²) in [6.07, 6.45) is 3.06. The summed E-state index contributed by atoms with van der Waals surface area (Å²) >= 11 is 1.78. The Hall–Kier alpha value is -0.450. The Labute approximate surface area is 87.7 Å². The number of morpholine rings is 1. The highest BCUT2D eigenvalue weighted by Gasteiger charge is 2.45. The van der Waals surface area contributed by atoms with Crippen LogP contribution >= 0.6 is 11.3 Å². The fraction of sp³-hybridized carbons (Fsp3) is 0.700. The molecule has 1 aromatic heterocycles. The van der Waals surface area contributed by atoms with Gasteiger partial charge in [-0.05, 0) is 13.3 Å². The van der Waals surface area contributed by atoms with E-state index in [0.29, 0.717) is 0 Å². The highest BCUT2D eigenvalue weighted by Crippen LogP contribution is 2.39. The lowest BCUT2D eigenvalue weighted by Crippen LogP contribution is -2.41. The van der Waals surface area contributed by atoms with E-state index in [1.807, 2.05) is 6.20 Å². The van der Waals surface area contributed by atoms with Crippen LogP contribution in [-0.2, 0) is 10.3 Å². The van der Waals surface area contributed by atoms with Crippen LogP contribution in [0.3, 0.4) is 0 Å². The van der Waals surface area contributed by atoms with Crippen LogP contribution in [0.25, 0.3) is 0 Å². The number of aryl methyl sites for hydroxylation is 1. The molecular weight excluding hydrogens is 196 g/mol. The molecule has 76 valence electrons. The molecule has 3 heterocycles. The predicted molar refractivity (Wildman–Crippen MR) is 55.5 cm³/mol. The Kier molecular flexibility index (Phi) is 1.90. The fourth-order valence-electron chi connectivity index (χ4n) is 2.34. The third kappa shape index (κ3) is 1.21. The van der Waals surface area contributed by atoms with Crippen LogP contribution in [0, 0.1) is 6.92 Å². The van der Waals surface area contributed by atoms with E-state index in [2.05, 4.69) is 16.8 Å². The maximum atomic E-state index is 5.96. The number of thiazole rings is 1. The Morgan fingerprint density at radius 1 is 1.57 bits per heavy atom. The van der Waals surface area contributed by atoms with Gasteiger partial charge in [-0.2, -0.15) is 0 Å². The van der Waals surface area contributed by atoms with E-state index < -0.39 is 0 Å². The summed E-state index contributed by atoms with van der Waals surface area (Å²) in [6, 6.07) is 0. The Morgan fingerprint density at radius 2 is 2.50 bits per heavy atom. The Balaban J connectivity index is 1.96. The van der Waals surface area contributed by atoms with Crippen molar-refractivity contribution in [2.45, 2.75) is 18.9 Å². The standard InChI is InChI=1S/C10H14N2OS/c1-8-6-11-9(14-8)10-2-3-12(7-10)4-5-13-10/h6H,2-5,7H2,1H3. The van der Waals surface area contributed by atoms with Crippen molar-refractivity contribution in [2.24, 2.45) is 0 Å². The number of hydrogen-bond donors (Lipinski definition) is 0. The van der Waals surface area contributed by atoms with Gasteiger partial charge in [0.25, 0.3) is 0 Å². The molecule has 0 N–H and O–H groups in total. The molecule has 0 amide bonds. The second-order valence-electron chi connectivity index (χ2n) is 4.14. The van der Waals surface area contributed by atoms with Crippen molar-refractivity contribution in [1.29, 1.82) is 0 Å². The second-order valence-corrected chi connectivity index (χ2v) is 5.38. The van der Waals surface area contributed by atoms with E-state index in [1.165, 1.54) is 16.4 Å². The van der Waals surface area contributed by atoms with Gasteiger partial charge < -0.3 is 4.74 Å². The summed E-state index contributed by atoms with van der Waals surface area (Å²) in [5, 5.41) is 1.18. The molecular formula is C10H14N2OS. The quantitative estimate of drug-likeness (QED) is 0.700. The summed E-state index contributed by atoms with van der Waals surface area (Å²) in [5.74, 6) is 0. The third-order valence-corrected chi connectivity index (χ3v) is 4.21. The van der Waals surface area contributed by atoms with Gasteiger partial charge >= 0.3 is 0 Å². The number of hydrogen-bond acceptors (Lipinski definition) is 4. The highest BCUT2D eigenvalue weighted by molar-refractivity contribution is 7.11. The lowest BCUT2D eigenvalue weighted by Gasteiger charge is -2.32. The molecule has 3 rings (SSSR count). The molecule has 0 spiro atoms. The third-order valence-electron chi connectivity index (χ3n) is 3.11. The van der Waals surface area contributed by atoms with E-state index in [0.717, 1.165) is 26.1 Å². The van der Waals surface area contributed by atoms with E-state index in [9.17, 15) is 0 Å². The van der Waals surface area contributed by atoms with Crippen molar-refractivity contribution in [3.63, 3.8) is 0 Å². The van der Waals surface area contributed by atoms with Gasteiger partial charge in [0.1, 0.15) is 10.6 Å². The molecule has 2 aliphatic heterocycles. The van der Waals surface area contributed by atoms with Crippen molar-refractivity contribution < 1.29 is 4.74 Å². The van der Waals surface area contributed by atoms with Crippen LogP contribution in [0.4, 0.5) is 0 Å². The minimum absolute atomic E-state index is 0.0584. The van der Waals surface area contributed by atoms with Crippen LogP contribution in [0.1, 0.15) is 16.3 Å². The zero-order valence-corrected chi connectivity index (χ0v) is 9.14. The van der Waals surface area contributed by atoms with Gasteiger partial charge in [0.15, 0.2) is 0 Å². The SMILES string of the molecule is Cc1cnc(C23CCN(CCO2)C3)s1. The number of aromatic nitrogens is 1. The van der Waals surface area contributed by atoms with E-state index in [4.69, 9.17) is 4.74 Å². The summed E-state index contributed by atoms with van der Waals surface area (Å²) in [4.78, 5) is 8.23. The first kappa shape index (κ1) is 8.83. The van der Waals surface area contributed by atoms with E-state index >= 15 is 0 Å². The molecule has 14 heavy (non-hydrogen) atoms. The molecule has 2 atom stereocenters. The first-order valence-corrected chi connectivity index (χ1v) is 5.89. The van der Waals surface area contributed by atoms with E-state index in [-0.39, 0.29) is 5.60 Å². The average molecular weight is 210 g/mol. The molecule has 2 aliphatic rings. The molecule has 0 radical (unpaired) electrons. The maximum Gasteiger partial charge on any atom is 0.133 e. The molecule has 0 aliphatic carbocycles. The average Bonchev–Trinajstić information content (AvgIpc) is 2.73. The first-order chi connectivity index (χ1) is 6.78.